The van der Waals surface area contributed by atoms with Crippen molar-refractivity contribution >= 4 is 18.1 Å². The fourth-order valence-corrected chi connectivity index (χ4v) is 0.604. The molecule has 10 heavy (non-hydrogen) atoms. The van der Waals surface area contributed by atoms with E-state index in [1.807, 2.05) is 0 Å². The average Bonchev–Trinajstić information content (AvgIpc) is 2.17. The maximum Gasteiger partial charge on any atom is 0.0719 e. The minimum Gasteiger partial charge on any atom is -0.396 e. The van der Waals surface area contributed by atoms with E-state index in [1.54, 1.807) is 17.1 Å². The molecule has 1 rings (SSSR count). The lowest BCUT2D eigenvalue weighted by molar-refractivity contribution is 0.269. The Morgan fingerprint density at radius 3 is 2.80 bits per heavy atom. The third-order valence-electron chi connectivity index (χ3n) is 0.982. The lowest BCUT2D eigenvalue weighted by atomic mass is 10.6. The highest BCUT2D eigenvalue weighted by Crippen LogP contribution is 1.95. The van der Waals surface area contributed by atoms with Crippen LogP contribution in [-0.4, -0.2) is 21.5 Å². The molecule has 58 valence electrons. The lowest BCUT2D eigenvalue weighted by Gasteiger charge is -1.92. The molecule has 1 aromatic rings. The van der Waals surface area contributed by atoms with Crippen LogP contribution in [0.4, 0.5) is 5.69 Å². The number of anilines is 1. The molecule has 0 spiro atoms. The van der Waals surface area contributed by atoms with Crippen molar-refractivity contribution in [3.8, 4) is 0 Å². The molecule has 0 unspecified atom stereocenters. The predicted molar refractivity (Wildman–Crippen MR) is 41.0 cm³/mol. The first kappa shape index (κ1) is 9.26. The number of halogens is 1. The predicted octanol–water partition coefficient (Wildman–Crippen LogP) is -0.121. The first-order chi connectivity index (χ1) is 4.33. The first-order valence-electron chi connectivity index (χ1n) is 2.71. The normalized spacial score (nSPS) is 8.90. The number of aliphatic hydroxyl groups is 1. The number of aliphatic hydroxyl groups excluding tert-OH is 1. The Balaban J connectivity index is 0.000000810. The Morgan fingerprint density at radius 2 is 2.40 bits per heavy atom. The van der Waals surface area contributed by atoms with Crippen molar-refractivity contribution in [2.45, 2.75) is 6.54 Å². The summed E-state index contributed by atoms with van der Waals surface area (Å²) in [6, 6.07) is 0. The van der Waals surface area contributed by atoms with Crippen molar-refractivity contribution in [1.82, 2.24) is 9.78 Å². The van der Waals surface area contributed by atoms with Crippen LogP contribution in [0.25, 0.3) is 0 Å². The molecule has 4 nitrogen and oxygen atoms in total. The number of nitrogens with zero attached hydrogens (tertiary/aromatic N) is 2. The van der Waals surface area contributed by atoms with Gasteiger partial charge in [-0.15, -0.1) is 12.4 Å². The van der Waals surface area contributed by atoms with Gasteiger partial charge < -0.3 is 10.8 Å². The zero-order valence-electron chi connectivity index (χ0n) is 5.40. The van der Waals surface area contributed by atoms with Crippen LogP contribution in [0.3, 0.4) is 0 Å². The number of aromatic nitrogens is 2. The Hall–Kier alpha value is -0.740. The standard InChI is InChI=1S/C5H9N3O.ClH/c6-5-3-7-8(4-5)1-2-9;/h3-4,9H,1-2,6H2;1H. The van der Waals surface area contributed by atoms with Crippen molar-refractivity contribution < 1.29 is 5.11 Å². The van der Waals surface area contributed by atoms with Crippen LogP contribution in [-0.2, 0) is 6.54 Å². The zero-order valence-corrected chi connectivity index (χ0v) is 6.21. The fraction of sp³-hybridized carbons (Fsp3) is 0.400. The van der Waals surface area contributed by atoms with Crippen molar-refractivity contribution in [2.75, 3.05) is 12.3 Å². The van der Waals surface area contributed by atoms with E-state index < -0.39 is 0 Å². The molecule has 1 heterocycles. The molecule has 0 aliphatic rings. The van der Waals surface area contributed by atoms with Crippen LogP contribution in [0.2, 0.25) is 0 Å². The topological polar surface area (TPSA) is 64.1 Å². The molecule has 0 radical (unpaired) electrons. The van der Waals surface area contributed by atoms with Crippen LogP contribution in [0.15, 0.2) is 12.4 Å². The number of nitrogen functional groups attached to an aromatic ring is 1. The van der Waals surface area contributed by atoms with Crippen molar-refractivity contribution in [3.63, 3.8) is 0 Å². The summed E-state index contributed by atoms with van der Waals surface area (Å²) >= 11 is 0. The summed E-state index contributed by atoms with van der Waals surface area (Å²) in [5, 5.41) is 12.3. The fourth-order valence-electron chi connectivity index (χ4n) is 0.604. The van der Waals surface area contributed by atoms with Gasteiger partial charge in [0, 0.05) is 6.20 Å². The summed E-state index contributed by atoms with van der Waals surface area (Å²) in [5.74, 6) is 0. The smallest absolute Gasteiger partial charge is 0.0719 e. The Bertz CT molecular complexity index is 189. The summed E-state index contributed by atoms with van der Waals surface area (Å²) in [7, 11) is 0. The average molecular weight is 164 g/mol. The van der Waals surface area contributed by atoms with Gasteiger partial charge in [-0.3, -0.25) is 4.68 Å². The van der Waals surface area contributed by atoms with Crippen LogP contribution in [0.1, 0.15) is 0 Å². The molecule has 0 aliphatic heterocycles. The highest BCUT2D eigenvalue weighted by atomic mass is 35.5. The van der Waals surface area contributed by atoms with E-state index >= 15 is 0 Å². The quantitative estimate of drug-likeness (QED) is 0.639. The maximum atomic E-state index is 8.43. The van der Waals surface area contributed by atoms with Crippen molar-refractivity contribution in [2.24, 2.45) is 0 Å². The third kappa shape index (κ3) is 2.24. The van der Waals surface area contributed by atoms with Crippen LogP contribution in [0, 0.1) is 0 Å². The summed E-state index contributed by atoms with van der Waals surface area (Å²) in [6.07, 6.45) is 3.23. The van der Waals surface area contributed by atoms with E-state index in [1.165, 1.54) is 0 Å². The van der Waals surface area contributed by atoms with E-state index in [-0.39, 0.29) is 19.0 Å². The molecule has 5 heteroatoms. The molecule has 0 fully saturated rings. The maximum absolute atomic E-state index is 8.43. The highest BCUT2D eigenvalue weighted by Gasteiger charge is 1.90. The second-order valence-electron chi connectivity index (χ2n) is 1.76. The van der Waals surface area contributed by atoms with E-state index in [9.17, 15) is 0 Å². The van der Waals surface area contributed by atoms with Gasteiger partial charge in [-0.2, -0.15) is 5.10 Å². The summed E-state index contributed by atoms with van der Waals surface area (Å²) in [5.41, 5.74) is 5.97. The largest absolute Gasteiger partial charge is 0.396 e. The molecule has 0 atom stereocenters. The Labute approximate surface area is 65.1 Å². The van der Waals surface area contributed by atoms with Gasteiger partial charge in [-0.1, -0.05) is 0 Å². The van der Waals surface area contributed by atoms with E-state index in [2.05, 4.69) is 5.10 Å². The molecule has 0 bridgehead atoms. The Kier molecular flexibility index (Phi) is 3.83. The second kappa shape index (κ2) is 4.14. The van der Waals surface area contributed by atoms with Crippen LogP contribution in [0.5, 0.6) is 0 Å². The van der Waals surface area contributed by atoms with Crippen LogP contribution < -0.4 is 5.73 Å². The molecule has 0 saturated heterocycles. The summed E-state index contributed by atoms with van der Waals surface area (Å²) in [4.78, 5) is 0. The zero-order chi connectivity index (χ0) is 6.69. The molecule has 0 saturated carbocycles. The molecule has 0 amide bonds. The molecular formula is C5H10ClN3O. The van der Waals surface area contributed by atoms with Crippen LogP contribution >= 0.6 is 12.4 Å². The van der Waals surface area contributed by atoms with Gasteiger partial charge in [0.15, 0.2) is 0 Å². The third-order valence-corrected chi connectivity index (χ3v) is 0.982. The minimum absolute atomic E-state index is 0. The number of hydrogen-bond acceptors (Lipinski definition) is 3. The molecule has 3 N–H and O–H groups in total. The van der Waals surface area contributed by atoms with E-state index in [0.29, 0.717) is 12.2 Å². The number of rotatable bonds is 2. The SMILES string of the molecule is Cl.Nc1cnn(CCO)c1. The Morgan fingerprint density at radius 1 is 1.70 bits per heavy atom. The first-order valence-corrected chi connectivity index (χ1v) is 2.71. The monoisotopic (exact) mass is 163 g/mol. The van der Waals surface area contributed by atoms with Gasteiger partial charge in [0.05, 0.1) is 25.0 Å². The molecule has 0 aromatic carbocycles. The minimum atomic E-state index is 0. The molecule has 1 aromatic heterocycles. The number of nitrogens with two attached hydrogens (primary N) is 1. The van der Waals surface area contributed by atoms with E-state index in [0.717, 1.165) is 0 Å². The van der Waals surface area contributed by atoms with Gasteiger partial charge in [0.1, 0.15) is 0 Å². The second-order valence-corrected chi connectivity index (χ2v) is 1.76. The lowest BCUT2D eigenvalue weighted by Crippen LogP contribution is -2.01. The summed E-state index contributed by atoms with van der Waals surface area (Å²) in [6.45, 7) is 0.609. The van der Waals surface area contributed by atoms with Gasteiger partial charge >= 0.3 is 0 Å². The highest BCUT2D eigenvalue weighted by molar-refractivity contribution is 5.85. The van der Waals surface area contributed by atoms with E-state index in [4.69, 9.17) is 10.8 Å². The van der Waals surface area contributed by atoms with Crippen molar-refractivity contribution in [3.05, 3.63) is 12.4 Å². The van der Waals surface area contributed by atoms with Gasteiger partial charge in [0.25, 0.3) is 0 Å². The van der Waals surface area contributed by atoms with Crippen molar-refractivity contribution in [1.29, 1.82) is 0 Å². The molecule has 0 aliphatic carbocycles. The van der Waals surface area contributed by atoms with Gasteiger partial charge in [-0.05, 0) is 0 Å². The van der Waals surface area contributed by atoms with Gasteiger partial charge in [0.2, 0.25) is 0 Å². The summed E-state index contributed by atoms with van der Waals surface area (Å²) < 4.78 is 1.59. The number of hydrogen-bond donors (Lipinski definition) is 2. The van der Waals surface area contributed by atoms with Gasteiger partial charge in [-0.25, -0.2) is 0 Å². The molecular weight excluding hydrogens is 154 g/mol.